The van der Waals surface area contributed by atoms with Crippen molar-refractivity contribution in [3.8, 4) is 11.5 Å². The van der Waals surface area contributed by atoms with Crippen molar-refractivity contribution in [2.24, 2.45) is 5.92 Å². The Morgan fingerprint density at radius 2 is 1.58 bits per heavy atom. The molecule has 0 amide bonds. The van der Waals surface area contributed by atoms with Gasteiger partial charge in [-0.3, -0.25) is 0 Å². The molecule has 1 aliphatic heterocycles. The largest absolute Gasteiger partial charge is 0.411 e. The number of rotatable bonds is 16. The minimum absolute atomic E-state index is 0.0766. The van der Waals surface area contributed by atoms with Gasteiger partial charge in [0.25, 0.3) is 0 Å². The van der Waals surface area contributed by atoms with Gasteiger partial charge in [0.1, 0.15) is 8.07 Å². The van der Waals surface area contributed by atoms with Crippen LogP contribution in [0.25, 0.3) is 0 Å². The zero-order chi connectivity index (χ0) is 34.9. The van der Waals surface area contributed by atoms with Crippen LogP contribution in [0.3, 0.4) is 0 Å². The molecular weight excluding hydrogens is 605 g/mol. The molecule has 7 heteroatoms. The predicted octanol–water partition coefficient (Wildman–Crippen LogP) is 10.6. The Hall–Kier alpha value is -0.989. The Bertz CT molecular complexity index is 1060. The predicted molar refractivity (Wildman–Crippen MR) is 204 cm³/mol. The van der Waals surface area contributed by atoms with Crippen LogP contribution < -0.4 is 0 Å². The Morgan fingerprint density at radius 3 is 2.11 bits per heavy atom. The van der Waals surface area contributed by atoms with Gasteiger partial charge in [-0.15, -0.1) is 18.0 Å². The molecule has 0 spiro atoms. The summed E-state index contributed by atoms with van der Waals surface area (Å²) in [5.41, 5.74) is 4.52. The fourth-order valence-corrected chi connectivity index (χ4v) is 8.11. The number of aliphatic hydroxyl groups is 1. The minimum atomic E-state index is -2.07. The lowest BCUT2D eigenvalue weighted by Gasteiger charge is -2.44. The number of hydrogen-bond donors (Lipinski definition) is 1. The molecule has 1 heterocycles. The molecule has 6 atom stereocenters. The molecule has 0 fully saturated rings. The quantitative estimate of drug-likeness (QED) is 0.101. The van der Waals surface area contributed by atoms with Gasteiger partial charge in [0.2, 0.25) is 0 Å². The molecule has 0 aromatic rings. The third kappa shape index (κ3) is 15.6. The van der Waals surface area contributed by atoms with E-state index in [-0.39, 0.29) is 34.5 Å². The van der Waals surface area contributed by atoms with Crippen molar-refractivity contribution in [2.75, 3.05) is 0 Å². The summed E-state index contributed by atoms with van der Waals surface area (Å²) in [4.78, 5) is 0. The van der Waals surface area contributed by atoms with Gasteiger partial charge in [-0.1, -0.05) is 111 Å². The highest BCUT2D eigenvalue weighted by Crippen LogP contribution is 2.41. The van der Waals surface area contributed by atoms with Crippen LogP contribution in [-0.2, 0) is 13.6 Å². The highest BCUT2D eigenvalue weighted by Gasteiger charge is 2.43. The maximum absolute atomic E-state index is 10.9. The van der Waals surface area contributed by atoms with Crippen LogP contribution in [0.1, 0.15) is 87.0 Å². The van der Waals surface area contributed by atoms with Gasteiger partial charge < -0.3 is 18.7 Å². The van der Waals surface area contributed by atoms with Crippen LogP contribution >= 0.6 is 0 Å². The zero-order valence-corrected chi connectivity index (χ0v) is 34.7. The lowest BCUT2D eigenvalue weighted by atomic mass is 9.91. The van der Waals surface area contributed by atoms with Crippen molar-refractivity contribution >= 4 is 24.7 Å². The van der Waals surface area contributed by atoms with Crippen LogP contribution in [0.5, 0.6) is 0 Å². The van der Waals surface area contributed by atoms with Gasteiger partial charge in [0.15, 0.2) is 16.6 Å². The third-order valence-electron chi connectivity index (χ3n) is 9.50. The van der Waals surface area contributed by atoms with Crippen molar-refractivity contribution in [1.82, 2.24) is 0 Å². The highest BCUT2D eigenvalue weighted by atomic mass is 28.4. The van der Waals surface area contributed by atoms with Crippen molar-refractivity contribution < 1.29 is 18.7 Å². The van der Waals surface area contributed by atoms with E-state index in [1.807, 2.05) is 12.2 Å². The fraction of sp³-hybridized carbons (Fsp3) is 0.737. The summed E-state index contributed by atoms with van der Waals surface area (Å²) in [6.45, 7) is 40.2. The molecule has 0 unspecified atom stereocenters. The molecule has 0 radical (unpaired) electrons. The SMILES string of the molecule is C=C[C@@H](O[Si](C)(C)C(C)(C)C)[C@H](C/C=C/[C@@H](O)CC(=C)C[C@H](C)C[C@@H]1CC=C[C@@H](CC#C[Si](C)(C)C)O1)O[Si](C)(C)C(C)(C)C. The standard InChI is InChI=1S/C38H70O4Si3/c1-17-35(41-44(13,14)37(4,5)6)36(42-45(15,16)38(7,8)9)25-18-21-32(39)28-30(2)27-31(3)29-34-23-19-22-33(40-34)24-20-26-43(10,11)12/h17-19,21-22,31-36,39H,1-2,23-25,27-29H2,3-16H3/b21-18+/t31-,32+,33-,34-,35+,36-/m0/s1. The molecular formula is C38H70O4Si3. The summed E-state index contributed by atoms with van der Waals surface area (Å²) in [6.07, 6.45) is 14.5. The van der Waals surface area contributed by atoms with Gasteiger partial charge in [0, 0.05) is 6.42 Å². The topological polar surface area (TPSA) is 47.9 Å². The number of hydrogen-bond acceptors (Lipinski definition) is 4. The first kappa shape index (κ1) is 42.0. The smallest absolute Gasteiger partial charge is 0.193 e. The van der Waals surface area contributed by atoms with Crippen LogP contribution in [0.2, 0.25) is 55.9 Å². The summed E-state index contributed by atoms with van der Waals surface area (Å²) >= 11 is 0. The maximum Gasteiger partial charge on any atom is 0.193 e. The van der Waals surface area contributed by atoms with Crippen molar-refractivity contribution in [1.29, 1.82) is 0 Å². The first-order valence-electron chi connectivity index (χ1n) is 17.2. The van der Waals surface area contributed by atoms with Gasteiger partial charge in [-0.2, -0.15) is 0 Å². The van der Waals surface area contributed by atoms with E-state index in [1.54, 1.807) is 0 Å². The molecule has 0 bridgehead atoms. The van der Waals surface area contributed by atoms with Crippen molar-refractivity contribution in [3.05, 3.63) is 49.1 Å². The average molecular weight is 675 g/mol. The van der Waals surface area contributed by atoms with E-state index in [2.05, 4.69) is 137 Å². The number of ether oxygens (including phenoxy) is 1. The van der Waals surface area contributed by atoms with E-state index in [0.717, 1.165) is 31.3 Å². The molecule has 0 aromatic heterocycles. The lowest BCUT2D eigenvalue weighted by Crippen LogP contribution is -2.51. The molecule has 0 saturated heterocycles. The van der Waals surface area contributed by atoms with Crippen LogP contribution in [0, 0.1) is 17.4 Å². The summed E-state index contributed by atoms with van der Waals surface area (Å²) in [5.74, 6) is 3.79. The molecule has 1 rings (SSSR count). The fourth-order valence-electron chi connectivity index (χ4n) is 4.85. The summed E-state index contributed by atoms with van der Waals surface area (Å²) < 4.78 is 20.1. The molecule has 1 N–H and O–H groups in total. The average Bonchev–Trinajstić information content (AvgIpc) is 2.84. The second-order valence-corrected chi connectivity index (χ2v) is 31.7. The molecule has 258 valence electrons. The summed E-state index contributed by atoms with van der Waals surface area (Å²) in [7, 11) is -5.47. The molecule has 0 aromatic carbocycles. The van der Waals surface area contributed by atoms with E-state index >= 15 is 0 Å². The van der Waals surface area contributed by atoms with Crippen molar-refractivity contribution in [3.63, 3.8) is 0 Å². The van der Waals surface area contributed by atoms with E-state index in [0.29, 0.717) is 18.8 Å². The van der Waals surface area contributed by atoms with Gasteiger partial charge >= 0.3 is 0 Å². The number of aliphatic hydroxyl groups excluding tert-OH is 1. The van der Waals surface area contributed by atoms with E-state index in [4.69, 9.17) is 13.6 Å². The van der Waals surface area contributed by atoms with Crippen LogP contribution in [0.15, 0.2) is 49.1 Å². The van der Waals surface area contributed by atoms with E-state index in [1.165, 1.54) is 0 Å². The molecule has 0 aliphatic carbocycles. The van der Waals surface area contributed by atoms with Gasteiger partial charge in [-0.05, 0) is 74.3 Å². The Kier molecular flexibility index (Phi) is 16.3. The highest BCUT2D eigenvalue weighted by molar-refractivity contribution is 6.83. The maximum atomic E-state index is 10.9. The molecule has 45 heavy (non-hydrogen) atoms. The lowest BCUT2D eigenvalue weighted by molar-refractivity contribution is -0.00333. The Labute approximate surface area is 282 Å². The van der Waals surface area contributed by atoms with E-state index in [9.17, 15) is 5.11 Å². The third-order valence-corrected chi connectivity index (χ3v) is 19.4. The monoisotopic (exact) mass is 674 g/mol. The normalized spacial score (nSPS) is 21.1. The summed E-state index contributed by atoms with van der Waals surface area (Å²) in [6, 6.07) is 0. The summed E-state index contributed by atoms with van der Waals surface area (Å²) in [5, 5.41) is 11.1. The van der Waals surface area contributed by atoms with Crippen molar-refractivity contribution in [2.45, 2.75) is 173 Å². The first-order chi connectivity index (χ1) is 20.4. The Morgan fingerprint density at radius 1 is 1.00 bits per heavy atom. The first-order valence-corrected chi connectivity index (χ1v) is 26.5. The Balaban J connectivity index is 2.79. The molecule has 0 saturated carbocycles. The van der Waals surface area contributed by atoms with Gasteiger partial charge in [0.05, 0.1) is 30.5 Å². The zero-order valence-electron chi connectivity index (χ0n) is 31.7. The second-order valence-electron chi connectivity index (χ2n) is 17.4. The van der Waals surface area contributed by atoms with Crippen LogP contribution in [0.4, 0.5) is 0 Å². The second kappa shape index (κ2) is 17.4. The van der Waals surface area contributed by atoms with Gasteiger partial charge in [-0.25, -0.2) is 0 Å². The van der Waals surface area contributed by atoms with Crippen LogP contribution in [-0.4, -0.2) is 60.3 Å². The molecule has 4 nitrogen and oxygen atoms in total. The molecule has 1 aliphatic rings. The van der Waals surface area contributed by atoms with E-state index < -0.39 is 30.8 Å². The minimum Gasteiger partial charge on any atom is -0.411 e.